The zero-order valence-electron chi connectivity index (χ0n) is 7.22. The van der Waals surface area contributed by atoms with Crippen LogP contribution in [0.15, 0.2) is 42.2 Å². The number of hydrogen-bond donors (Lipinski definition) is 0. The molecule has 0 saturated carbocycles. The van der Waals surface area contributed by atoms with E-state index in [0.717, 1.165) is 6.42 Å². The average Bonchev–Trinajstić information content (AvgIpc) is 2.54. The first-order valence-corrected chi connectivity index (χ1v) is 6.18. The summed E-state index contributed by atoms with van der Waals surface area (Å²) in [5.41, 5.74) is 0. The van der Waals surface area contributed by atoms with E-state index in [-0.39, 0.29) is 0 Å². The van der Waals surface area contributed by atoms with Crippen LogP contribution in [-0.4, -0.2) is 6.16 Å². The maximum absolute atomic E-state index is 11.9. The van der Waals surface area contributed by atoms with Crippen molar-refractivity contribution in [3.05, 3.63) is 42.2 Å². The van der Waals surface area contributed by atoms with Gasteiger partial charge in [-0.2, -0.15) is 0 Å². The van der Waals surface area contributed by atoms with Gasteiger partial charge in [0.15, 0.2) is 0 Å². The highest BCUT2D eigenvalue weighted by Gasteiger charge is 2.23. The third kappa shape index (κ3) is 2.02. The molecule has 0 spiro atoms. The number of rotatable bonds is 2. The largest absolute Gasteiger partial charge is 0.440 e. The predicted octanol–water partition coefficient (Wildman–Crippen LogP) is 3.26. The quantitative estimate of drug-likeness (QED) is 0.675. The monoisotopic (exact) mass is 194 g/mol. The lowest BCUT2D eigenvalue weighted by Crippen LogP contribution is -1.90. The molecule has 0 bridgehead atoms. The van der Waals surface area contributed by atoms with Gasteiger partial charge in [-0.25, -0.2) is 0 Å². The number of allylic oxidation sites excluding steroid dienone is 1. The first kappa shape index (κ1) is 8.58. The minimum atomic E-state index is -2.47. The predicted molar refractivity (Wildman–Crippen MR) is 53.3 cm³/mol. The lowest BCUT2D eigenvalue weighted by atomic mass is 10.3. The Labute approximate surface area is 77.7 Å². The Balaban J connectivity index is 2.15. The van der Waals surface area contributed by atoms with Crippen molar-refractivity contribution in [3.63, 3.8) is 0 Å². The second kappa shape index (κ2) is 3.39. The maximum atomic E-state index is 11.9. The Morgan fingerprint density at radius 2 is 2.00 bits per heavy atom. The molecule has 0 radical (unpaired) electrons. The second-order valence-electron chi connectivity index (χ2n) is 3.03. The summed E-state index contributed by atoms with van der Waals surface area (Å²) in [6.45, 7) is 0. The minimum Gasteiger partial charge on any atom is -0.440 e. The standard InChI is InChI=1S/C10H11O2P/c11-13(8-4-5-9-13)12-10-6-2-1-3-7-10/h1-4,6-8H,5,9H2. The Bertz CT molecular complexity index is 356. The van der Waals surface area contributed by atoms with Crippen molar-refractivity contribution in [2.45, 2.75) is 6.42 Å². The highest BCUT2D eigenvalue weighted by molar-refractivity contribution is 7.62. The molecule has 1 atom stereocenters. The van der Waals surface area contributed by atoms with Crippen LogP contribution in [0.2, 0.25) is 0 Å². The van der Waals surface area contributed by atoms with Gasteiger partial charge in [-0.3, -0.25) is 4.57 Å². The summed E-state index contributed by atoms with van der Waals surface area (Å²) < 4.78 is 17.3. The molecule has 1 aromatic rings. The molecule has 1 aliphatic heterocycles. The molecule has 1 aliphatic rings. The number of hydrogen-bond acceptors (Lipinski definition) is 2. The van der Waals surface area contributed by atoms with Gasteiger partial charge in [0.05, 0.1) is 0 Å². The van der Waals surface area contributed by atoms with E-state index < -0.39 is 7.37 Å². The van der Waals surface area contributed by atoms with Gasteiger partial charge in [0.1, 0.15) is 5.75 Å². The first-order chi connectivity index (χ1) is 6.29. The van der Waals surface area contributed by atoms with Crippen molar-refractivity contribution in [2.75, 3.05) is 6.16 Å². The first-order valence-electron chi connectivity index (χ1n) is 4.30. The molecule has 0 aromatic heterocycles. The van der Waals surface area contributed by atoms with Crippen molar-refractivity contribution < 1.29 is 9.09 Å². The van der Waals surface area contributed by atoms with E-state index in [4.69, 9.17) is 4.52 Å². The van der Waals surface area contributed by atoms with Gasteiger partial charge >= 0.3 is 0 Å². The summed E-state index contributed by atoms with van der Waals surface area (Å²) >= 11 is 0. The maximum Gasteiger partial charge on any atom is 0.270 e. The van der Waals surface area contributed by atoms with Gasteiger partial charge in [0, 0.05) is 12.0 Å². The smallest absolute Gasteiger partial charge is 0.270 e. The lowest BCUT2D eigenvalue weighted by molar-refractivity contribution is 0.493. The van der Waals surface area contributed by atoms with E-state index in [2.05, 4.69) is 0 Å². The van der Waals surface area contributed by atoms with Crippen molar-refractivity contribution in [1.82, 2.24) is 0 Å². The molecule has 13 heavy (non-hydrogen) atoms. The van der Waals surface area contributed by atoms with Crippen molar-refractivity contribution in [3.8, 4) is 5.75 Å². The molecule has 2 rings (SSSR count). The summed E-state index contributed by atoms with van der Waals surface area (Å²) in [5.74, 6) is 2.40. The molecule has 0 fully saturated rings. The average molecular weight is 194 g/mol. The highest BCUT2D eigenvalue weighted by atomic mass is 31.2. The summed E-state index contributed by atoms with van der Waals surface area (Å²) in [4.78, 5) is 0. The Morgan fingerprint density at radius 3 is 2.62 bits per heavy atom. The normalized spacial score (nSPS) is 26.2. The Hall–Kier alpha value is -1.01. The number of benzene rings is 1. The summed E-state index contributed by atoms with van der Waals surface area (Å²) in [6.07, 6.45) is 3.43. The molecule has 1 unspecified atom stereocenters. The van der Waals surface area contributed by atoms with E-state index >= 15 is 0 Å². The molecule has 1 aromatic carbocycles. The fraction of sp³-hybridized carbons (Fsp3) is 0.200. The van der Waals surface area contributed by atoms with E-state index in [9.17, 15) is 4.57 Å². The van der Waals surface area contributed by atoms with Crippen LogP contribution in [0.25, 0.3) is 0 Å². The van der Waals surface area contributed by atoms with Crippen LogP contribution in [0.4, 0.5) is 0 Å². The van der Waals surface area contributed by atoms with E-state index in [1.165, 1.54) is 0 Å². The van der Waals surface area contributed by atoms with Crippen LogP contribution < -0.4 is 4.52 Å². The van der Waals surface area contributed by atoms with Crippen LogP contribution in [0.3, 0.4) is 0 Å². The van der Waals surface area contributed by atoms with Gasteiger partial charge in [0.25, 0.3) is 7.37 Å². The third-order valence-electron chi connectivity index (χ3n) is 1.94. The molecule has 0 N–H and O–H groups in total. The molecule has 0 amide bonds. The van der Waals surface area contributed by atoms with Gasteiger partial charge < -0.3 is 4.52 Å². The molecule has 3 heteroatoms. The zero-order valence-corrected chi connectivity index (χ0v) is 8.11. The van der Waals surface area contributed by atoms with Gasteiger partial charge in [-0.1, -0.05) is 24.3 Å². The molecule has 2 nitrogen and oxygen atoms in total. The zero-order chi connectivity index (χ0) is 9.15. The fourth-order valence-corrected chi connectivity index (χ4v) is 3.06. The van der Waals surface area contributed by atoms with Crippen LogP contribution in [0, 0.1) is 0 Å². The van der Waals surface area contributed by atoms with Crippen molar-refractivity contribution in [1.29, 1.82) is 0 Å². The lowest BCUT2D eigenvalue weighted by Gasteiger charge is -2.11. The van der Waals surface area contributed by atoms with E-state index in [1.54, 1.807) is 5.82 Å². The third-order valence-corrected chi connectivity index (χ3v) is 4.01. The van der Waals surface area contributed by atoms with Crippen molar-refractivity contribution >= 4 is 7.37 Å². The summed E-state index contributed by atoms with van der Waals surface area (Å²) in [6, 6.07) is 9.31. The SMILES string of the molecule is O=P1(Oc2ccccc2)C=CCC1. The van der Waals surface area contributed by atoms with Crippen LogP contribution in [0.5, 0.6) is 5.75 Å². The molecular weight excluding hydrogens is 183 g/mol. The number of para-hydroxylation sites is 1. The second-order valence-corrected chi connectivity index (χ2v) is 5.41. The van der Waals surface area contributed by atoms with Crippen LogP contribution in [-0.2, 0) is 4.57 Å². The van der Waals surface area contributed by atoms with Gasteiger partial charge in [0.2, 0.25) is 0 Å². The van der Waals surface area contributed by atoms with Gasteiger partial charge in [-0.15, -0.1) is 0 Å². The van der Waals surface area contributed by atoms with Gasteiger partial charge in [-0.05, 0) is 18.6 Å². The molecule has 0 aliphatic carbocycles. The molecule has 68 valence electrons. The van der Waals surface area contributed by atoms with Crippen LogP contribution in [0.1, 0.15) is 6.42 Å². The van der Waals surface area contributed by atoms with E-state index in [1.807, 2.05) is 36.4 Å². The molecule has 0 saturated heterocycles. The highest BCUT2D eigenvalue weighted by Crippen LogP contribution is 2.52. The Morgan fingerprint density at radius 1 is 1.23 bits per heavy atom. The topological polar surface area (TPSA) is 26.3 Å². The minimum absolute atomic E-state index is 0.641. The fourth-order valence-electron chi connectivity index (χ4n) is 1.30. The molecular formula is C10H11O2P. The Kier molecular flexibility index (Phi) is 2.24. The summed E-state index contributed by atoms with van der Waals surface area (Å²) in [7, 11) is -2.47. The van der Waals surface area contributed by atoms with Crippen molar-refractivity contribution in [2.24, 2.45) is 0 Å². The molecule has 1 heterocycles. The summed E-state index contributed by atoms with van der Waals surface area (Å²) in [5, 5.41) is 0. The van der Waals surface area contributed by atoms with Crippen LogP contribution >= 0.6 is 7.37 Å². The van der Waals surface area contributed by atoms with E-state index in [0.29, 0.717) is 11.9 Å².